The molecule has 0 aliphatic rings. The molecule has 0 spiro atoms. The summed E-state index contributed by atoms with van der Waals surface area (Å²) in [5.41, 5.74) is 7.61. The van der Waals surface area contributed by atoms with Crippen LogP contribution in [0.15, 0.2) is 106 Å². The van der Waals surface area contributed by atoms with E-state index in [0.29, 0.717) is 22.4 Å². The summed E-state index contributed by atoms with van der Waals surface area (Å²) < 4.78 is 36.6. The second-order valence-electron chi connectivity index (χ2n) is 9.99. The molecule has 0 radical (unpaired) electrons. The number of rotatable bonds is 7. The second-order valence-corrected chi connectivity index (χ2v) is 11.7. The Labute approximate surface area is 228 Å². The van der Waals surface area contributed by atoms with Gasteiger partial charge in [-0.05, 0) is 67.3 Å². The smallest absolute Gasteiger partial charge is 0.262 e. The van der Waals surface area contributed by atoms with Crippen molar-refractivity contribution >= 4 is 37.6 Å². The lowest BCUT2D eigenvalue weighted by Crippen LogP contribution is -2.15. The number of sulfonamides is 1. The maximum Gasteiger partial charge on any atom is 0.262 e. The van der Waals surface area contributed by atoms with Gasteiger partial charge in [-0.3, -0.25) is 4.72 Å². The van der Waals surface area contributed by atoms with Gasteiger partial charge in [-0.25, -0.2) is 8.42 Å². The van der Waals surface area contributed by atoms with E-state index in [2.05, 4.69) is 53.9 Å². The quantitative estimate of drug-likeness (QED) is 0.217. The first-order valence-corrected chi connectivity index (χ1v) is 14.6. The zero-order chi connectivity index (χ0) is 27.1. The van der Waals surface area contributed by atoms with Crippen molar-refractivity contribution in [3.63, 3.8) is 0 Å². The van der Waals surface area contributed by atoms with Gasteiger partial charge in [-0.2, -0.15) is 0 Å². The molecule has 0 aliphatic carbocycles. The maximum atomic E-state index is 13.6. The summed E-state index contributed by atoms with van der Waals surface area (Å²) in [5.74, 6) is 0.212. The molecule has 0 saturated heterocycles. The number of hydrogen-bond acceptors (Lipinski definition) is 3. The van der Waals surface area contributed by atoms with Crippen molar-refractivity contribution in [1.29, 1.82) is 0 Å². The number of furan rings is 1. The number of aromatic nitrogens is 1. The van der Waals surface area contributed by atoms with Crippen LogP contribution in [0.3, 0.4) is 0 Å². The first kappa shape index (κ1) is 25.0. The molecule has 0 aliphatic heterocycles. The van der Waals surface area contributed by atoms with Crippen LogP contribution in [-0.4, -0.2) is 13.4 Å². The molecule has 0 bridgehead atoms. The fourth-order valence-corrected chi connectivity index (χ4v) is 6.56. The van der Waals surface area contributed by atoms with Gasteiger partial charge in [-0.15, -0.1) is 0 Å². The molecule has 0 saturated carbocycles. The predicted octanol–water partition coefficient (Wildman–Crippen LogP) is 8.07. The van der Waals surface area contributed by atoms with Crippen molar-refractivity contribution < 1.29 is 12.8 Å². The third kappa shape index (κ3) is 4.51. The van der Waals surface area contributed by atoms with Crippen molar-refractivity contribution in [1.82, 2.24) is 4.98 Å². The molecule has 2 heterocycles. The molecule has 196 valence electrons. The van der Waals surface area contributed by atoms with Crippen molar-refractivity contribution in [2.45, 2.75) is 38.0 Å². The van der Waals surface area contributed by atoms with Crippen LogP contribution in [0.1, 0.15) is 46.5 Å². The number of benzene rings is 4. The van der Waals surface area contributed by atoms with Crippen LogP contribution in [0, 0.1) is 13.8 Å². The minimum absolute atomic E-state index is 0.205. The third-order valence-corrected chi connectivity index (χ3v) is 8.78. The van der Waals surface area contributed by atoms with Crippen molar-refractivity contribution in [3.05, 3.63) is 131 Å². The van der Waals surface area contributed by atoms with Crippen LogP contribution >= 0.6 is 0 Å². The monoisotopic (exact) mass is 534 g/mol. The minimum Gasteiger partial charge on any atom is -0.458 e. The normalized spacial score (nSPS) is 12.7. The highest BCUT2D eigenvalue weighted by molar-refractivity contribution is 7.92. The number of para-hydroxylation sites is 1. The Balaban J connectivity index is 1.57. The largest absolute Gasteiger partial charge is 0.458 e. The summed E-state index contributed by atoms with van der Waals surface area (Å²) in [5, 5.41) is 1.92. The van der Waals surface area contributed by atoms with Crippen molar-refractivity contribution in [2.24, 2.45) is 0 Å². The number of nitrogens with one attached hydrogen (secondary N) is 2. The SMILES string of the molecule is CCc1c(C)[nH]c2cc(C(c3ccccc3)c3oc4ccccc4c3NS(=O)(=O)c3ccc(C)cc3)ccc12. The second kappa shape index (κ2) is 9.79. The van der Waals surface area contributed by atoms with Crippen LogP contribution in [-0.2, 0) is 16.4 Å². The lowest BCUT2D eigenvalue weighted by Gasteiger charge is -2.19. The average Bonchev–Trinajstić information content (AvgIpc) is 3.45. The Bertz CT molecular complexity index is 1900. The van der Waals surface area contributed by atoms with Gasteiger partial charge < -0.3 is 9.40 Å². The van der Waals surface area contributed by atoms with Gasteiger partial charge in [-0.1, -0.05) is 79.2 Å². The standard InChI is InChI=1S/C33H30N2O3S/c1-4-26-22(3)34-29-20-24(16-19-27(26)29)31(23-10-6-5-7-11-23)33-32(28-12-8-9-13-30(28)38-33)35-39(36,37)25-17-14-21(2)15-18-25/h5-20,31,34-35H,4H2,1-3H3. The highest BCUT2D eigenvalue weighted by Crippen LogP contribution is 2.43. The van der Waals surface area contributed by atoms with Crippen molar-refractivity contribution in [2.75, 3.05) is 4.72 Å². The topological polar surface area (TPSA) is 75.1 Å². The van der Waals surface area contributed by atoms with Crippen LogP contribution in [0.2, 0.25) is 0 Å². The molecule has 0 amide bonds. The first-order chi connectivity index (χ1) is 18.9. The molecular formula is C33H30N2O3S. The molecular weight excluding hydrogens is 504 g/mol. The van der Waals surface area contributed by atoms with Crippen LogP contribution < -0.4 is 4.72 Å². The molecule has 4 aromatic carbocycles. The highest BCUT2D eigenvalue weighted by Gasteiger charge is 2.29. The number of anilines is 1. The molecule has 6 heteroatoms. The highest BCUT2D eigenvalue weighted by atomic mass is 32.2. The molecule has 2 N–H and O–H groups in total. The van der Waals surface area contributed by atoms with E-state index < -0.39 is 10.0 Å². The van der Waals surface area contributed by atoms with Gasteiger partial charge in [0.2, 0.25) is 0 Å². The Morgan fingerprint density at radius 3 is 2.28 bits per heavy atom. The lowest BCUT2D eigenvalue weighted by atomic mass is 9.87. The summed E-state index contributed by atoms with van der Waals surface area (Å²) in [4.78, 5) is 3.74. The molecule has 1 atom stereocenters. The number of hydrogen-bond donors (Lipinski definition) is 2. The van der Waals surface area contributed by atoms with E-state index in [1.807, 2.05) is 49.4 Å². The van der Waals surface area contributed by atoms with Gasteiger partial charge in [0.05, 0.1) is 16.5 Å². The Kier molecular flexibility index (Phi) is 6.28. The van der Waals surface area contributed by atoms with Crippen LogP contribution in [0.5, 0.6) is 0 Å². The van der Waals surface area contributed by atoms with E-state index in [0.717, 1.165) is 34.3 Å². The van der Waals surface area contributed by atoms with E-state index in [9.17, 15) is 8.42 Å². The molecule has 2 aromatic heterocycles. The third-order valence-electron chi connectivity index (χ3n) is 7.42. The molecule has 6 rings (SSSR count). The van der Waals surface area contributed by atoms with E-state index in [1.54, 1.807) is 24.3 Å². The van der Waals surface area contributed by atoms with Crippen molar-refractivity contribution in [3.8, 4) is 0 Å². The number of aromatic amines is 1. The van der Waals surface area contributed by atoms with Gasteiger partial charge in [0, 0.05) is 22.0 Å². The Hall–Kier alpha value is -4.29. The number of aryl methyl sites for hydroxylation is 3. The fourth-order valence-electron chi connectivity index (χ4n) is 5.47. The molecule has 6 aromatic rings. The minimum atomic E-state index is -3.87. The maximum absolute atomic E-state index is 13.6. The van der Waals surface area contributed by atoms with Gasteiger partial charge >= 0.3 is 0 Å². The summed E-state index contributed by atoms with van der Waals surface area (Å²) in [6, 6.07) is 30.9. The van der Waals surface area contributed by atoms with E-state index in [-0.39, 0.29) is 10.8 Å². The number of H-pyrrole nitrogens is 1. The molecule has 39 heavy (non-hydrogen) atoms. The van der Waals surface area contributed by atoms with E-state index >= 15 is 0 Å². The first-order valence-electron chi connectivity index (χ1n) is 13.1. The zero-order valence-corrected chi connectivity index (χ0v) is 23.0. The molecule has 5 nitrogen and oxygen atoms in total. The zero-order valence-electron chi connectivity index (χ0n) is 22.2. The summed E-state index contributed by atoms with van der Waals surface area (Å²) in [7, 11) is -3.87. The average molecular weight is 535 g/mol. The number of fused-ring (bicyclic) bond motifs is 2. The Morgan fingerprint density at radius 1 is 0.821 bits per heavy atom. The van der Waals surface area contributed by atoms with Gasteiger partial charge in [0.15, 0.2) is 0 Å². The summed E-state index contributed by atoms with van der Waals surface area (Å²) in [6.07, 6.45) is 0.946. The van der Waals surface area contributed by atoms with Crippen LogP contribution in [0.4, 0.5) is 5.69 Å². The summed E-state index contributed by atoms with van der Waals surface area (Å²) in [6.45, 7) is 6.20. The fraction of sp³-hybridized carbons (Fsp3) is 0.152. The van der Waals surface area contributed by atoms with Gasteiger partial charge in [0.1, 0.15) is 11.3 Å². The van der Waals surface area contributed by atoms with Gasteiger partial charge in [0.25, 0.3) is 10.0 Å². The lowest BCUT2D eigenvalue weighted by molar-refractivity contribution is 0.543. The summed E-state index contributed by atoms with van der Waals surface area (Å²) >= 11 is 0. The molecule has 0 fully saturated rings. The Morgan fingerprint density at radius 2 is 1.54 bits per heavy atom. The van der Waals surface area contributed by atoms with Crippen LogP contribution in [0.25, 0.3) is 21.9 Å². The molecule has 1 unspecified atom stereocenters. The van der Waals surface area contributed by atoms with E-state index in [4.69, 9.17) is 4.42 Å². The van der Waals surface area contributed by atoms with E-state index in [1.165, 1.54) is 10.9 Å². The predicted molar refractivity (Wildman–Crippen MR) is 158 cm³/mol.